The summed E-state index contributed by atoms with van der Waals surface area (Å²) in [6.07, 6.45) is 0. The third-order valence-electron chi connectivity index (χ3n) is 3.45. The van der Waals surface area contributed by atoms with E-state index in [1.54, 1.807) is 11.3 Å². The number of fused-ring (bicyclic) bond motifs is 1. The van der Waals surface area contributed by atoms with Crippen LogP contribution in [0.2, 0.25) is 0 Å². The average Bonchev–Trinajstić information content (AvgIpc) is 2.87. The monoisotopic (exact) mass is 301 g/mol. The second-order valence-electron chi connectivity index (χ2n) is 5.08. The Morgan fingerprint density at radius 3 is 2.81 bits per heavy atom. The van der Waals surface area contributed by atoms with Crippen molar-refractivity contribution in [3.05, 3.63) is 64.8 Å². The van der Waals surface area contributed by atoms with Gasteiger partial charge in [0.05, 0.1) is 12.6 Å². The molecule has 2 aromatic carbocycles. The summed E-state index contributed by atoms with van der Waals surface area (Å²) in [5.41, 5.74) is 2.58. The van der Waals surface area contributed by atoms with Gasteiger partial charge in [-0.2, -0.15) is 0 Å². The maximum Gasteiger partial charge on any atom is 0.125 e. The van der Waals surface area contributed by atoms with Gasteiger partial charge in [-0.25, -0.2) is 4.39 Å². The summed E-state index contributed by atoms with van der Waals surface area (Å²) in [5, 5.41) is 16.1. The van der Waals surface area contributed by atoms with Crippen LogP contribution in [0.5, 0.6) is 0 Å². The first-order chi connectivity index (χ1) is 10.2. The highest BCUT2D eigenvalue weighted by Gasteiger charge is 2.15. The minimum atomic E-state index is -0.274. The zero-order chi connectivity index (χ0) is 14.8. The van der Waals surface area contributed by atoms with Crippen LogP contribution in [0.15, 0.2) is 47.8 Å². The van der Waals surface area contributed by atoms with Gasteiger partial charge in [-0.3, -0.25) is 0 Å². The SMILES string of the molecule is Cc1cc(F)cc(NC(CO)c2csc3ccccc23)c1. The molecular weight excluding hydrogens is 285 g/mol. The molecule has 0 radical (unpaired) electrons. The number of nitrogens with one attached hydrogen (secondary N) is 1. The molecule has 0 saturated carbocycles. The Labute approximate surface area is 126 Å². The maximum atomic E-state index is 13.5. The third-order valence-corrected chi connectivity index (χ3v) is 4.43. The summed E-state index contributed by atoms with van der Waals surface area (Å²) in [7, 11) is 0. The highest BCUT2D eigenvalue weighted by molar-refractivity contribution is 7.17. The van der Waals surface area contributed by atoms with Gasteiger partial charge in [0.2, 0.25) is 0 Å². The van der Waals surface area contributed by atoms with Gasteiger partial charge in [0.15, 0.2) is 0 Å². The van der Waals surface area contributed by atoms with Gasteiger partial charge in [0.25, 0.3) is 0 Å². The number of benzene rings is 2. The number of hydrogen-bond donors (Lipinski definition) is 2. The summed E-state index contributed by atoms with van der Waals surface area (Å²) >= 11 is 1.65. The first kappa shape index (κ1) is 14.0. The summed E-state index contributed by atoms with van der Waals surface area (Å²) in [6.45, 7) is 1.80. The molecule has 3 rings (SSSR count). The van der Waals surface area contributed by atoms with E-state index < -0.39 is 0 Å². The highest BCUT2D eigenvalue weighted by atomic mass is 32.1. The Morgan fingerprint density at radius 2 is 2.05 bits per heavy atom. The molecule has 1 heterocycles. The van der Waals surface area contributed by atoms with Crippen LogP contribution in [0.1, 0.15) is 17.2 Å². The Morgan fingerprint density at radius 1 is 1.24 bits per heavy atom. The molecule has 4 heteroatoms. The van der Waals surface area contributed by atoms with Crippen molar-refractivity contribution in [2.75, 3.05) is 11.9 Å². The molecule has 3 aromatic rings. The Balaban J connectivity index is 1.95. The minimum absolute atomic E-state index is 0.0453. The van der Waals surface area contributed by atoms with E-state index in [1.165, 1.54) is 16.8 Å². The van der Waals surface area contributed by atoms with E-state index in [4.69, 9.17) is 0 Å². The number of anilines is 1. The minimum Gasteiger partial charge on any atom is -0.394 e. The van der Waals surface area contributed by atoms with Gasteiger partial charge in [-0.05, 0) is 53.1 Å². The molecule has 108 valence electrons. The second-order valence-corrected chi connectivity index (χ2v) is 6.00. The largest absolute Gasteiger partial charge is 0.394 e. The van der Waals surface area contributed by atoms with Crippen molar-refractivity contribution in [2.24, 2.45) is 0 Å². The molecule has 0 aliphatic carbocycles. The fourth-order valence-electron chi connectivity index (χ4n) is 2.51. The van der Waals surface area contributed by atoms with Gasteiger partial charge in [-0.15, -0.1) is 11.3 Å². The van der Waals surface area contributed by atoms with Crippen LogP contribution in [-0.4, -0.2) is 11.7 Å². The van der Waals surface area contributed by atoms with Crippen molar-refractivity contribution in [1.82, 2.24) is 0 Å². The molecule has 1 aromatic heterocycles. The van der Waals surface area contributed by atoms with Crippen molar-refractivity contribution < 1.29 is 9.50 Å². The van der Waals surface area contributed by atoms with E-state index in [2.05, 4.69) is 11.4 Å². The first-order valence-electron chi connectivity index (χ1n) is 6.78. The van der Waals surface area contributed by atoms with Crippen LogP contribution in [0.4, 0.5) is 10.1 Å². The molecule has 2 nitrogen and oxygen atoms in total. The van der Waals surface area contributed by atoms with Crippen LogP contribution < -0.4 is 5.32 Å². The molecular formula is C17H16FNOS. The lowest BCUT2D eigenvalue weighted by molar-refractivity contribution is 0.277. The summed E-state index contributed by atoms with van der Waals surface area (Å²) in [6, 6.07) is 12.7. The van der Waals surface area contributed by atoms with E-state index in [0.29, 0.717) is 5.69 Å². The van der Waals surface area contributed by atoms with Crippen LogP contribution >= 0.6 is 11.3 Å². The summed E-state index contributed by atoms with van der Waals surface area (Å²) in [4.78, 5) is 0. The zero-order valence-corrected chi connectivity index (χ0v) is 12.5. The van der Waals surface area contributed by atoms with Crippen LogP contribution in [-0.2, 0) is 0 Å². The molecule has 1 atom stereocenters. The second kappa shape index (κ2) is 5.84. The number of aliphatic hydroxyl groups is 1. The lowest BCUT2D eigenvalue weighted by atomic mass is 10.1. The fraction of sp³-hybridized carbons (Fsp3) is 0.176. The molecule has 0 saturated heterocycles. The fourth-order valence-corrected chi connectivity index (χ4v) is 3.53. The molecule has 0 spiro atoms. The van der Waals surface area contributed by atoms with E-state index in [0.717, 1.165) is 16.5 Å². The van der Waals surface area contributed by atoms with Crippen molar-refractivity contribution in [3.63, 3.8) is 0 Å². The maximum absolute atomic E-state index is 13.5. The molecule has 0 fully saturated rings. The number of halogens is 1. The third kappa shape index (κ3) is 2.91. The number of hydrogen-bond acceptors (Lipinski definition) is 3. The quantitative estimate of drug-likeness (QED) is 0.744. The smallest absolute Gasteiger partial charge is 0.125 e. The van der Waals surface area contributed by atoms with E-state index in [9.17, 15) is 9.50 Å². The lowest BCUT2D eigenvalue weighted by Crippen LogP contribution is -2.14. The standard InChI is InChI=1S/C17H16FNOS/c1-11-6-12(18)8-13(7-11)19-16(9-20)15-10-21-17-5-3-2-4-14(15)17/h2-8,10,16,19-20H,9H2,1H3. The lowest BCUT2D eigenvalue weighted by Gasteiger charge is -2.18. The van der Waals surface area contributed by atoms with Crippen LogP contribution in [0.25, 0.3) is 10.1 Å². The number of rotatable bonds is 4. The van der Waals surface area contributed by atoms with Gasteiger partial charge < -0.3 is 10.4 Å². The van der Waals surface area contributed by atoms with Gasteiger partial charge >= 0.3 is 0 Å². The molecule has 1 unspecified atom stereocenters. The van der Waals surface area contributed by atoms with Crippen molar-refractivity contribution in [2.45, 2.75) is 13.0 Å². The van der Waals surface area contributed by atoms with Crippen LogP contribution in [0, 0.1) is 12.7 Å². The van der Waals surface area contributed by atoms with Crippen molar-refractivity contribution >= 4 is 27.1 Å². The van der Waals surface area contributed by atoms with E-state index in [1.807, 2.05) is 36.6 Å². The first-order valence-corrected chi connectivity index (χ1v) is 7.66. The molecule has 2 N–H and O–H groups in total. The summed E-state index contributed by atoms with van der Waals surface area (Å²) < 4.78 is 14.7. The number of aliphatic hydroxyl groups excluding tert-OH is 1. The van der Waals surface area contributed by atoms with Crippen molar-refractivity contribution in [3.8, 4) is 0 Å². The zero-order valence-electron chi connectivity index (χ0n) is 11.6. The summed E-state index contributed by atoms with van der Waals surface area (Å²) in [5.74, 6) is -0.274. The topological polar surface area (TPSA) is 32.3 Å². The van der Waals surface area contributed by atoms with Crippen molar-refractivity contribution in [1.29, 1.82) is 0 Å². The molecule has 0 aliphatic heterocycles. The predicted molar refractivity (Wildman–Crippen MR) is 86.4 cm³/mol. The average molecular weight is 301 g/mol. The predicted octanol–water partition coefficient (Wildman–Crippen LogP) is 4.49. The Kier molecular flexibility index (Phi) is 3.90. The van der Waals surface area contributed by atoms with E-state index in [-0.39, 0.29) is 18.5 Å². The molecule has 0 bridgehead atoms. The molecule has 0 aliphatic rings. The highest BCUT2D eigenvalue weighted by Crippen LogP contribution is 2.32. The Bertz CT molecular complexity index is 748. The van der Waals surface area contributed by atoms with Gasteiger partial charge in [0.1, 0.15) is 5.82 Å². The van der Waals surface area contributed by atoms with E-state index >= 15 is 0 Å². The Hall–Kier alpha value is -1.91. The molecule has 0 amide bonds. The van der Waals surface area contributed by atoms with Crippen LogP contribution in [0.3, 0.4) is 0 Å². The van der Waals surface area contributed by atoms with Gasteiger partial charge in [-0.1, -0.05) is 18.2 Å². The normalized spacial score (nSPS) is 12.5. The number of aryl methyl sites for hydroxylation is 1. The number of thiophene rings is 1. The molecule has 21 heavy (non-hydrogen) atoms. The van der Waals surface area contributed by atoms with Gasteiger partial charge in [0, 0.05) is 10.4 Å².